The number of aliphatic hydroxyl groups excluding tert-OH is 2. The molecule has 2 N–H and O–H groups in total. The van der Waals surface area contributed by atoms with Crippen molar-refractivity contribution in [1.82, 2.24) is 0 Å². The van der Waals surface area contributed by atoms with Gasteiger partial charge in [-0.2, -0.15) is 0 Å². The van der Waals surface area contributed by atoms with Gasteiger partial charge in [-0.05, 0) is 91.3 Å². The van der Waals surface area contributed by atoms with Gasteiger partial charge in [0.05, 0.1) is 19.3 Å². The fourth-order valence-electron chi connectivity index (χ4n) is 8.94. The lowest BCUT2D eigenvalue weighted by Crippen LogP contribution is -2.63. The van der Waals surface area contributed by atoms with E-state index in [9.17, 15) is 15.0 Å². The number of rotatable bonds is 4. The summed E-state index contributed by atoms with van der Waals surface area (Å²) >= 11 is 0. The van der Waals surface area contributed by atoms with Crippen LogP contribution >= 0.6 is 0 Å². The van der Waals surface area contributed by atoms with Crippen LogP contribution in [0.5, 0.6) is 0 Å². The molecule has 0 radical (unpaired) electrons. The molecule has 4 rings (SSSR count). The lowest BCUT2D eigenvalue weighted by atomic mass is 9.43. The Kier molecular flexibility index (Phi) is 5.83. The molecule has 0 heterocycles. The average Bonchev–Trinajstić information content (AvgIpc) is 3.06. The first kappa shape index (κ1) is 21.6. The predicted octanol–water partition coefficient (Wildman–Crippen LogP) is 4.57. The minimum atomic E-state index is -0.565. The molecule has 29 heavy (non-hydrogen) atoms. The van der Waals surface area contributed by atoms with Crippen LogP contribution in [-0.4, -0.2) is 35.5 Å². The Balaban J connectivity index is 1.56. The number of aliphatic hydroxyl groups is 2. The van der Waals surface area contributed by atoms with Gasteiger partial charge < -0.3 is 14.9 Å². The zero-order chi connectivity index (χ0) is 21.0. The Hall–Kier alpha value is -0.610. The number of hydrogen-bond acceptors (Lipinski definition) is 4. The second kappa shape index (κ2) is 7.82. The Morgan fingerprint density at radius 1 is 0.966 bits per heavy atom. The standard InChI is InChI=1S/C25H42O4/c1-15(8-11-20(26)29-4)16-9-10-17-21-18(12-14-25(16,17)3)24(2)13-6-5-7-19(24)22(27)23(21)28/h15-19,21-23,27-28H,5-14H2,1-4H3/t15?,16?,17?,18?,19?,21?,22?,23?,24-,25-/m1/s1. The molecule has 0 aromatic rings. The van der Waals surface area contributed by atoms with Gasteiger partial charge in [0.1, 0.15) is 0 Å². The van der Waals surface area contributed by atoms with Gasteiger partial charge in [0.2, 0.25) is 0 Å². The summed E-state index contributed by atoms with van der Waals surface area (Å²) < 4.78 is 4.85. The molecule has 4 aliphatic carbocycles. The van der Waals surface area contributed by atoms with Crippen LogP contribution in [0.25, 0.3) is 0 Å². The number of carbonyl (C=O) groups excluding carboxylic acids is 1. The van der Waals surface area contributed by atoms with E-state index in [-0.39, 0.29) is 28.6 Å². The zero-order valence-electron chi connectivity index (χ0n) is 18.9. The van der Waals surface area contributed by atoms with Crippen molar-refractivity contribution in [1.29, 1.82) is 0 Å². The first-order valence-corrected chi connectivity index (χ1v) is 12.2. The molecule has 8 unspecified atom stereocenters. The quantitative estimate of drug-likeness (QED) is 0.671. The summed E-state index contributed by atoms with van der Waals surface area (Å²) in [7, 11) is 1.47. The highest BCUT2D eigenvalue weighted by atomic mass is 16.5. The van der Waals surface area contributed by atoms with Gasteiger partial charge >= 0.3 is 5.97 Å². The van der Waals surface area contributed by atoms with Crippen molar-refractivity contribution in [3.63, 3.8) is 0 Å². The van der Waals surface area contributed by atoms with E-state index in [1.54, 1.807) is 0 Å². The second-order valence-corrected chi connectivity index (χ2v) is 11.5. The molecule has 0 spiro atoms. The Labute approximate surface area is 176 Å². The van der Waals surface area contributed by atoms with Crippen molar-refractivity contribution in [2.75, 3.05) is 7.11 Å². The van der Waals surface area contributed by atoms with Gasteiger partial charge in [-0.1, -0.05) is 33.6 Å². The predicted molar refractivity (Wildman–Crippen MR) is 113 cm³/mol. The molecule has 0 aromatic heterocycles. The van der Waals surface area contributed by atoms with Crippen molar-refractivity contribution in [2.24, 2.45) is 46.3 Å². The molecule has 4 nitrogen and oxygen atoms in total. The Morgan fingerprint density at radius 2 is 1.69 bits per heavy atom. The molecule has 0 aromatic carbocycles. The molecular formula is C25H42O4. The van der Waals surface area contributed by atoms with Crippen molar-refractivity contribution in [2.45, 2.75) is 97.2 Å². The van der Waals surface area contributed by atoms with Crippen LogP contribution in [-0.2, 0) is 9.53 Å². The van der Waals surface area contributed by atoms with Crippen molar-refractivity contribution < 1.29 is 19.7 Å². The minimum absolute atomic E-state index is 0.109. The molecule has 166 valence electrons. The maximum Gasteiger partial charge on any atom is 0.305 e. The summed E-state index contributed by atoms with van der Waals surface area (Å²) in [4.78, 5) is 11.6. The van der Waals surface area contributed by atoms with Crippen LogP contribution in [0.2, 0.25) is 0 Å². The van der Waals surface area contributed by atoms with Gasteiger partial charge in [-0.15, -0.1) is 0 Å². The summed E-state index contributed by atoms with van der Waals surface area (Å²) in [6, 6.07) is 0. The van der Waals surface area contributed by atoms with Crippen molar-refractivity contribution in [3.8, 4) is 0 Å². The lowest BCUT2D eigenvalue weighted by molar-refractivity contribution is -0.215. The van der Waals surface area contributed by atoms with E-state index in [2.05, 4.69) is 20.8 Å². The summed E-state index contributed by atoms with van der Waals surface area (Å²) in [6.07, 6.45) is 9.80. The van der Waals surface area contributed by atoms with Gasteiger partial charge in [0, 0.05) is 6.42 Å². The molecule has 10 atom stereocenters. The molecule has 0 aliphatic heterocycles. The lowest BCUT2D eigenvalue weighted by Gasteiger charge is -2.63. The highest BCUT2D eigenvalue weighted by molar-refractivity contribution is 5.69. The van der Waals surface area contributed by atoms with E-state index in [1.165, 1.54) is 45.6 Å². The fraction of sp³-hybridized carbons (Fsp3) is 0.960. The van der Waals surface area contributed by atoms with E-state index in [1.807, 2.05) is 0 Å². The van der Waals surface area contributed by atoms with Crippen molar-refractivity contribution in [3.05, 3.63) is 0 Å². The SMILES string of the molecule is COC(=O)CCC(C)C1CCC2C3C(O)C(O)C4CCCC[C@]4(C)C3CC[C@]12C. The maximum absolute atomic E-state index is 11.6. The highest BCUT2D eigenvalue weighted by Crippen LogP contribution is 2.68. The molecule has 0 saturated heterocycles. The summed E-state index contributed by atoms with van der Waals surface area (Å²) in [5.74, 6) is 2.53. The van der Waals surface area contributed by atoms with E-state index < -0.39 is 12.2 Å². The van der Waals surface area contributed by atoms with E-state index in [0.717, 1.165) is 19.3 Å². The normalized spacial score (nSPS) is 50.2. The Bertz CT molecular complexity index is 620. The van der Waals surface area contributed by atoms with Crippen LogP contribution in [0, 0.1) is 46.3 Å². The van der Waals surface area contributed by atoms with Crippen LogP contribution in [0.1, 0.15) is 85.0 Å². The number of esters is 1. The zero-order valence-corrected chi connectivity index (χ0v) is 18.9. The number of ether oxygens (including phenoxy) is 1. The molecule has 4 saturated carbocycles. The second-order valence-electron chi connectivity index (χ2n) is 11.5. The number of carbonyl (C=O) groups is 1. The van der Waals surface area contributed by atoms with E-state index in [0.29, 0.717) is 30.1 Å². The highest BCUT2D eigenvalue weighted by Gasteiger charge is 2.64. The molecule has 0 amide bonds. The molecule has 4 fully saturated rings. The monoisotopic (exact) mass is 406 g/mol. The minimum Gasteiger partial charge on any atom is -0.469 e. The van der Waals surface area contributed by atoms with Crippen LogP contribution in [0.4, 0.5) is 0 Å². The van der Waals surface area contributed by atoms with Crippen molar-refractivity contribution >= 4 is 5.97 Å². The summed E-state index contributed by atoms with van der Waals surface area (Å²) in [6.45, 7) is 7.18. The van der Waals surface area contributed by atoms with Gasteiger partial charge in [-0.3, -0.25) is 4.79 Å². The number of methoxy groups -OCH3 is 1. The molecule has 4 heteroatoms. The average molecular weight is 407 g/mol. The smallest absolute Gasteiger partial charge is 0.305 e. The van der Waals surface area contributed by atoms with Gasteiger partial charge in [0.25, 0.3) is 0 Å². The van der Waals surface area contributed by atoms with Crippen LogP contribution in [0.3, 0.4) is 0 Å². The van der Waals surface area contributed by atoms with Crippen LogP contribution in [0.15, 0.2) is 0 Å². The third-order valence-electron chi connectivity index (χ3n) is 10.5. The number of fused-ring (bicyclic) bond motifs is 5. The summed E-state index contributed by atoms with van der Waals surface area (Å²) in [5, 5.41) is 22.4. The van der Waals surface area contributed by atoms with E-state index in [4.69, 9.17) is 4.74 Å². The van der Waals surface area contributed by atoms with Gasteiger partial charge in [-0.25, -0.2) is 0 Å². The molecule has 4 aliphatic rings. The fourth-order valence-corrected chi connectivity index (χ4v) is 8.94. The van der Waals surface area contributed by atoms with Gasteiger partial charge in [0.15, 0.2) is 0 Å². The Morgan fingerprint density at radius 3 is 2.41 bits per heavy atom. The largest absolute Gasteiger partial charge is 0.469 e. The van der Waals surface area contributed by atoms with E-state index >= 15 is 0 Å². The molecule has 0 bridgehead atoms. The van der Waals surface area contributed by atoms with Crippen LogP contribution < -0.4 is 0 Å². The third-order valence-corrected chi connectivity index (χ3v) is 10.5. The maximum atomic E-state index is 11.6. The topological polar surface area (TPSA) is 66.8 Å². The third kappa shape index (κ3) is 3.28. The number of hydrogen-bond donors (Lipinski definition) is 2. The summed E-state index contributed by atoms with van der Waals surface area (Å²) in [5.41, 5.74) is 0.409. The first-order valence-electron chi connectivity index (χ1n) is 12.2. The first-order chi connectivity index (χ1) is 13.7. The molecular weight excluding hydrogens is 364 g/mol.